The van der Waals surface area contributed by atoms with Gasteiger partial charge in [0.15, 0.2) is 0 Å². The number of piperazine rings is 1. The summed E-state index contributed by atoms with van der Waals surface area (Å²) in [6, 6.07) is 15.1. The van der Waals surface area contributed by atoms with Gasteiger partial charge in [0.2, 0.25) is 10.0 Å². The fraction of sp³-hybridized carbons (Fsp3) is 0.368. The maximum Gasteiger partial charge on any atom is 0.243 e. The molecule has 0 bridgehead atoms. The van der Waals surface area contributed by atoms with Gasteiger partial charge in [0.25, 0.3) is 0 Å². The summed E-state index contributed by atoms with van der Waals surface area (Å²) < 4.78 is 27.7. The lowest BCUT2D eigenvalue weighted by Gasteiger charge is -2.40. The maximum absolute atomic E-state index is 13.0. The molecular weight excluding hydrogens is 370 g/mol. The average molecular weight is 392 g/mol. The number of sulfonamides is 1. The molecule has 0 aliphatic carbocycles. The summed E-state index contributed by atoms with van der Waals surface area (Å²) in [6.07, 6.45) is 0. The van der Waals surface area contributed by atoms with E-state index in [4.69, 9.17) is 11.6 Å². The van der Waals surface area contributed by atoms with Crippen LogP contribution in [0.4, 0.5) is 5.69 Å². The van der Waals surface area contributed by atoms with Crippen LogP contribution in [0.5, 0.6) is 0 Å². The normalized spacial score (nSPS) is 21.8. The lowest BCUT2D eigenvalue weighted by molar-refractivity contribution is 0.118. The van der Waals surface area contributed by atoms with Gasteiger partial charge in [0.1, 0.15) is 0 Å². The molecule has 0 radical (unpaired) electrons. The summed E-state index contributed by atoms with van der Waals surface area (Å²) in [5.74, 6) is 0. The van der Waals surface area contributed by atoms with Crippen molar-refractivity contribution in [1.82, 2.24) is 9.21 Å². The third-order valence-electron chi connectivity index (χ3n) is 5.26. The molecule has 2 heterocycles. The Morgan fingerprint density at radius 2 is 1.85 bits per heavy atom. The van der Waals surface area contributed by atoms with Crippen LogP contribution in [0.1, 0.15) is 5.56 Å². The number of benzene rings is 2. The van der Waals surface area contributed by atoms with Crippen molar-refractivity contribution in [3.63, 3.8) is 0 Å². The van der Waals surface area contributed by atoms with E-state index in [9.17, 15) is 8.42 Å². The number of para-hydroxylation sites is 1. The van der Waals surface area contributed by atoms with E-state index in [1.54, 1.807) is 22.5 Å². The van der Waals surface area contributed by atoms with E-state index < -0.39 is 10.0 Å². The molecule has 5 nitrogen and oxygen atoms in total. The first kappa shape index (κ1) is 17.8. The molecule has 2 aliphatic rings. The summed E-state index contributed by atoms with van der Waals surface area (Å²) in [6.45, 7) is 3.38. The van der Waals surface area contributed by atoms with Gasteiger partial charge in [-0.3, -0.25) is 4.90 Å². The smallest absolute Gasteiger partial charge is 0.243 e. The van der Waals surface area contributed by atoms with Gasteiger partial charge in [-0.25, -0.2) is 8.42 Å². The van der Waals surface area contributed by atoms with Gasteiger partial charge in [0.05, 0.1) is 4.90 Å². The molecule has 138 valence electrons. The molecule has 0 N–H and O–H groups in total. The molecule has 1 saturated heterocycles. The highest BCUT2D eigenvalue weighted by Gasteiger charge is 2.36. The molecule has 0 saturated carbocycles. The Hall–Kier alpha value is -1.60. The minimum Gasteiger partial charge on any atom is -0.373 e. The number of nitrogens with zero attached hydrogens (tertiary/aromatic N) is 3. The third-order valence-corrected chi connectivity index (χ3v) is 7.36. The second kappa shape index (κ2) is 6.85. The van der Waals surface area contributed by atoms with Crippen molar-refractivity contribution >= 4 is 27.3 Å². The number of rotatable bonds is 2. The van der Waals surface area contributed by atoms with Crippen LogP contribution in [0.2, 0.25) is 5.02 Å². The molecular formula is C19H22ClN3O2S. The average Bonchev–Trinajstić information content (AvgIpc) is 2.77. The van der Waals surface area contributed by atoms with Crippen LogP contribution < -0.4 is 4.90 Å². The first-order valence-corrected chi connectivity index (χ1v) is 10.6. The molecule has 4 rings (SSSR count). The van der Waals surface area contributed by atoms with E-state index in [0.717, 1.165) is 19.6 Å². The Balaban J connectivity index is 1.58. The van der Waals surface area contributed by atoms with E-state index in [-0.39, 0.29) is 10.9 Å². The number of fused-ring (bicyclic) bond motifs is 2. The lowest BCUT2D eigenvalue weighted by Crippen LogP contribution is -2.56. The zero-order chi connectivity index (χ0) is 18.3. The zero-order valence-electron chi connectivity index (χ0n) is 14.7. The molecule has 0 aromatic heterocycles. The van der Waals surface area contributed by atoms with Gasteiger partial charge in [-0.2, -0.15) is 4.31 Å². The first-order valence-electron chi connectivity index (χ1n) is 8.74. The molecule has 7 heteroatoms. The molecule has 2 aromatic rings. The highest BCUT2D eigenvalue weighted by molar-refractivity contribution is 7.89. The summed E-state index contributed by atoms with van der Waals surface area (Å²) in [7, 11) is -1.45. The van der Waals surface area contributed by atoms with Gasteiger partial charge in [-0.1, -0.05) is 35.9 Å². The molecule has 26 heavy (non-hydrogen) atoms. The SMILES string of the molecule is CN1CC2CN(S(=O)(=O)c3cccc(Cl)c3)CCN2Cc2ccccc21. The third kappa shape index (κ3) is 3.22. The highest BCUT2D eigenvalue weighted by Crippen LogP contribution is 2.29. The summed E-state index contributed by atoms with van der Waals surface area (Å²) >= 11 is 5.99. The number of hydrogen-bond donors (Lipinski definition) is 0. The number of hydrogen-bond acceptors (Lipinski definition) is 4. The molecule has 2 aliphatic heterocycles. The Labute approximate surface area is 159 Å². The van der Waals surface area contributed by atoms with E-state index in [2.05, 4.69) is 41.1 Å². The zero-order valence-corrected chi connectivity index (χ0v) is 16.2. The van der Waals surface area contributed by atoms with Crippen molar-refractivity contribution in [2.24, 2.45) is 0 Å². The monoisotopic (exact) mass is 391 g/mol. The predicted octanol–water partition coefficient (Wildman–Crippen LogP) is 2.66. The molecule has 0 spiro atoms. The van der Waals surface area contributed by atoms with Gasteiger partial charge >= 0.3 is 0 Å². The van der Waals surface area contributed by atoms with E-state index in [0.29, 0.717) is 18.1 Å². The number of anilines is 1. The molecule has 2 aromatic carbocycles. The van der Waals surface area contributed by atoms with Gasteiger partial charge in [-0.15, -0.1) is 0 Å². The standard InChI is InChI=1S/C19H22ClN3O2S/c1-21-13-17-14-23(26(24,25)18-7-4-6-16(20)11-18)10-9-22(17)12-15-5-2-3-8-19(15)21/h2-8,11,17H,9-10,12-14H2,1H3. The largest absolute Gasteiger partial charge is 0.373 e. The number of likely N-dealkylation sites (N-methyl/N-ethyl adjacent to an activating group) is 1. The lowest BCUT2D eigenvalue weighted by atomic mass is 10.1. The van der Waals surface area contributed by atoms with Crippen molar-refractivity contribution in [3.8, 4) is 0 Å². The summed E-state index contributed by atoms with van der Waals surface area (Å²) in [4.78, 5) is 4.89. The van der Waals surface area contributed by atoms with Crippen LogP contribution in [0.3, 0.4) is 0 Å². The molecule has 1 fully saturated rings. The Bertz CT molecular complexity index is 919. The van der Waals surface area contributed by atoms with Gasteiger partial charge in [0, 0.05) is 56.5 Å². The molecule has 1 atom stereocenters. The van der Waals surface area contributed by atoms with Crippen LogP contribution in [0, 0.1) is 0 Å². The van der Waals surface area contributed by atoms with E-state index in [1.165, 1.54) is 17.3 Å². The van der Waals surface area contributed by atoms with Crippen molar-refractivity contribution in [2.75, 3.05) is 38.1 Å². The van der Waals surface area contributed by atoms with Gasteiger partial charge < -0.3 is 4.90 Å². The fourth-order valence-corrected chi connectivity index (χ4v) is 5.66. The van der Waals surface area contributed by atoms with Crippen molar-refractivity contribution in [3.05, 3.63) is 59.1 Å². The first-order chi connectivity index (χ1) is 12.4. The summed E-state index contributed by atoms with van der Waals surface area (Å²) in [5, 5.41) is 0.439. The molecule has 1 unspecified atom stereocenters. The molecule has 0 amide bonds. The van der Waals surface area contributed by atoms with Crippen molar-refractivity contribution in [2.45, 2.75) is 17.5 Å². The second-order valence-corrected chi connectivity index (χ2v) is 9.33. The quantitative estimate of drug-likeness (QED) is 0.789. The number of halogens is 1. The maximum atomic E-state index is 13.0. The van der Waals surface area contributed by atoms with Crippen LogP contribution in [-0.4, -0.2) is 56.9 Å². The Kier molecular flexibility index (Phi) is 4.69. The van der Waals surface area contributed by atoms with E-state index >= 15 is 0 Å². The minimum absolute atomic E-state index is 0.162. The highest BCUT2D eigenvalue weighted by atomic mass is 35.5. The van der Waals surface area contributed by atoms with Crippen LogP contribution >= 0.6 is 11.6 Å². The van der Waals surface area contributed by atoms with Gasteiger partial charge in [-0.05, 0) is 29.8 Å². The second-order valence-electron chi connectivity index (χ2n) is 6.95. The van der Waals surface area contributed by atoms with Crippen LogP contribution in [0.15, 0.2) is 53.4 Å². The van der Waals surface area contributed by atoms with Crippen molar-refractivity contribution < 1.29 is 8.42 Å². The predicted molar refractivity (Wildman–Crippen MR) is 104 cm³/mol. The minimum atomic E-state index is -3.53. The Morgan fingerprint density at radius 1 is 1.04 bits per heavy atom. The fourth-order valence-electron chi connectivity index (χ4n) is 3.89. The summed E-state index contributed by atoms with van der Waals surface area (Å²) in [5.41, 5.74) is 2.52. The Morgan fingerprint density at radius 3 is 2.65 bits per heavy atom. The topological polar surface area (TPSA) is 43.9 Å². The van der Waals surface area contributed by atoms with E-state index in [1.807, 2.05) is 0 Å². The van der Waals surface area contributed by atoms with Crippen molar-refractivity contribution in [1.29, 1.82) is 0 Å². The van der Waals surface area contributed by atoms with Crippen LogP contribution in [-0.2, 0) is 16.6 Å². The van der Waals surface area contributed by atoms with Crippen LogP contribution in [0.25, 0.3) is 0 Å².